The Balaban J connectivity index is 1.34. The van der Waals surface area contributed by atoms with Crippen molar-refractivity contribution in [2.24, 2.45) is 18.9 Å². The molecule has 9 heteroatoms. The van der Waals surface area contributed by atoms with Gasteiger partial charge in [-0.3, -0.25) is 9.78 Å². The molecule has 4 rings (SSSR count). The Morgan fingerprint density at radius 3 is 2.88 bits per heavy atom. The number of aliphatic hydroxyl groups is 1. The van der Waals surface area contributed by atoms with Gasteiger partial charge in [-0.05, 0) is 61.6 Å². The average molecular weight is 485 g/mol. The number of hydrogen-bond acceptors (Lipinski definition) is 7. The minimum atomic E-state index is -0.750. The minimum absolute atomic E-state index is 0.0493. The zero-order valence-corrected chi connectivity index (χ0v) is 20.4. The molecule has 1 fully saturated rings. The van der Waals surface area contributed by atoms with Gasteiger partial charge in [0, 0.05) is 49.9 Å². The number of ether oxygens (including phenoxy) is 1. The average Bonchev–Trinajstić information content (AvgIpc) is 3.26. The number of aliphatic hydroxyl groups excluding tert-OH is 1. The highest BCUT2D eigenvalue weighted by Gasteiger charge is 2.34. The molecule has 2 aromatic heterocycles. The van der Waals surface area contributed by atoms with E-state index in [1.54, 1.807) is 31.3 Å². The summed E-state index contributed by atoms with van der Waals surface area (Å²) in [5.41, 5.74) is 1.61. The van der Waals surface area contributed by atoms with E-state index in [0.717, 1.165) is 46.9 Å². The van der Waals surface area contributed by atoms with Crippen molar-refractivity contribution in [1.82, 2.24) is 19.4 Å². The van der Waals surface area contributed by atoms with Crippen LogP contribution >= 0.6 is 11.8 Å². The fourth-order valence-corrected chi connectivity index (χ4v) is 5.68. The molecule has 3 aromatic rings. The van der Waals surface area contributed by atoms with Crippen molar-refractivity contribution in [3.63, 3.8) is 0 Å². The van der Waals surface area contributed by atoms with Crippen molar-refractivity contribution in [3.8, 4) is 5.75 Å². The standard InChI is InChI=1S/C25H32N4O4S/c1-28-12-10-27-25(28)34-14-13-29-11-8-17(21(16-29)24(31)32)3-6-23(30)19-7-9-26-22-5-4-18(33-2)15-20(19)22/h4-5,7,9-10,12,15,17,21,23,30H,3,6,8,11,13-14,16H2,1-2H3,(H,31,32)/t17-,21+,23-/m1/s1. The lowest BCUT2D eigenvalue weighted by molar-refractivity contribution is -0.146. The van der Waals surface area contributed by atoms with Gasteiger partial charge < -0.3 is 24.4 Å². The number of carbonyl (C=O) groups is 1. The Morgan fingerprint density at radius 2 is 2.15 bits per heavy atom. The number of carboxylic acids is 1. The second-order valence-electron chi connectivity index (χ2n) is 8.84. The number of aryl methyl sites for hydroxylation is 1. The molecule has 3 heterocycles. The molecule has 1 aromatic carbocycles. The van der Waals surface area contributed by atoms with Crippen molar-refractivity contribution in [3.05, 3.63) is 48.4 Å². The number of thioether (sulfide) groups is 1. The lowest BCUT2D eigenvalue weighted by atomic mass is 9.81. The lowest BCUT2D eigenvalue weighted by Crippen LogP contribution is -2.44. The largest absolute Gasteiger partial charge is 0.497 e. The van der Waals surface area contributed by atoms with Crippen LogP contribution in [0.3, 0.4) is 0 Å². The monoisotopic (exact) mass is 484 g/mol. The van der Waals surface area contributed by atoms with Crippen LogP contribution in [0.4, 0.5) is 0 Å². The number of rotatable bonds is 10. The van der Waals surface area contributed by atoms with Crippen LogP contribution in [0.15, 0.2) is 48.0 Å². The van der Waals surface area contributed by atoms with Crippen LogP contribution in [0.2, 0.25) is 0 Å². The van der Waals surface area contributed by atoms with E-state index in [2.05, 4.69) is 14.9 Å². The summed E-state index contributed by atoms with van der Waals surface area (Å²) in [7, 11) is 3.59. The number of aliphatic carboxylic acids is 1. The van der Waals surface area contributed by atoms with Gasteiger partial charge in [0.25, 0.3) is 0 Å². The number of fused-ring (bicyclic) bond motifs is 1. The van der Waals surface area contributed by atoms with Crippen LogP contribution in [0.5, 0.6) is 5.75 Å². The van der Waals surface area contributed by atoms with E-state index in [9.17, 15) is 15.0 Å². The molecule has 1 aliphatic heterocycles. The molecular formula is C25H32N4O4S. The quantitative estimate of drug-likeness (QED) is 0.421. The van der Waals surface area contributed by atoms with Crippen molar-refractivity contribution >= 4 is 28.6 Å². The van der Waals surface area contributed by atoms with Crippen LogP contribution in [-0.4, -0.2) is 68.1 Å². The number of methoxy groups -OCH3 is 1. The Kier molecular flexibility index (Phi) is 8.07. The maximum Gasteiger partial charge on any atom is 0.308 e. The molecule has 0 radical (unpaired) electrons. The van der Waals surface area contributed by atoms with Gasteiger partial charge in [-0.15, -0.1) is 0 Å². The molecule has 8 nitrogen and oxygen atoms in total. The summed E-state index contributed by atoms with van der Waals surface area (Å²) < 4.78 is 7.32. The Morgan fingerprint density at radius 1 is 1.29 bits per heavy atom. The number of carboxylic acid groups (broad SMARTS) is 1. The summed E-state index contributed by atoms with van der Waals surface area (Å²) in [6, 6.07) is 7.46. The van der Waals surface area contributed by atoms with Gasteiger partial charge in [-0.2, -0.15) is 0 Å². The van der Waals surface area contributed by atoms with Crippen LogP contribution in [0.25, 0.3) is 10.9 Å². The first-order valence-corrected chi connectivity index (χ1v) is 12.6. The van der Waals surface area contributed by atoms with Gasteiger partial charge >= 0.3 is 5.97 Å². The molecule has 0 amide bonds. The summed E-state index contributed by atoms with van der Waals surface area (Å²) in [5, 5.41) is 22.7. The first-order chi connectivity index (χ1) is 16.5. The molecule has 3 atom stereocenters. The Labute approximate surface area is 204 Å². The molecule has 0 aliphatic carbocycles. The normalized spacial score (nSPS) is 19.9. The Bertz CT molecular complexity index is 1120. The Hall–Kier alpha value is -2.62. The molecule has 0 bridgehead atoms. The van der Waals surface area contributed by atoms with E-state index in [-0.39, 0.29) is 5.92 Å². The zero-order chi connectivity index (χ0) is 24.1. The molecular weight excluding hydrogens is 452 g/mol. The van der Waals surface area contributed by atoms with Crippen LogP contribution in [0, 0.1) is 11.8 Å². The lowest BCUT2D eigenvalue weighted by Gasteiger charge is -2.36. The SMILES string of the molecule is COc1ccc2nccc([C@H](O)CC[C@@H]3CCN(CCSc4nccn4C)C[C@@H]3C(=O)O)c2c1. The summed E-state index contributed by atoms with van der Waals surface area (Å²) in [5.74, 6) is 0.467. The van der Waals surface area contributed by atoms with Crippen LogP contribution in [-0.2, 0) is 11.8 Å². The maximum absolute atomic E-state index is 12.0. The van der Waals surface area contributed by atoms with Crippen molar-refractivity contribution in [2.75, 3.05) is 32.5 Å². The van der Waals surface area contributed by atoms with E-state index in [1.807, 2.05) is 42.1 Å². The number of hydrogen-bond donors (Lipinski definition) is 2. The van der Waals surface area contributed by atoms with Crippen LogP contribution < -0.4 is 4.74 Å². The molecule has 0 unspecified atom stereocenters. The summed E-state index contributed by atoms with van der Waals surface area (Å²) in [6.45, 7) is 2.26. The third-order valence-electron chi connectivity index (χ3n) is 6.73. The van der Waals surface area contributed by atoms with Gasteiger partial charge in [0.1, 0.15) is 5.75 Å². The van der Waals surface area contributed by atoms with Gasteiger partial charge in [0.15, 0.2) is 5.16 Å². The van der Waals surface area contributed by atoms with Crippen molar-refractivity contribution in [1.29, 1.82) is 0 Å². The van der Waals surface area contributed by atoms with E-state index in [4.69, 9.17) is 4.74 Å². The second-order valence-corrected chi connectivity index (χ2v) is 9.90. The highest BCUT2D eigenvalue weighted by atomic mass is 32.2. The smallest absolute Gasteiger partial charge is 0.308 e. The molecule has 0 spiro atoms. The first-order valence-electron chi connectivity index (χ1n) is 11.6. The number of aromatic nitrogens is 3. The third kappa shape index (κ3) is 5.71. The summed E-state index contributed by atoms with van der Waals surface area (Å²) in [4.78, 5) is 23.0. The predicted octanol–water partition coefficient (Wildman–Crippen LogP) is 3.61. The number of benzene rings is 1. The number of pyridine rings is 1. The number of imidazole rings is 1. The highest BCUT2D eigenvalue weighted by Crippen LogP contribution is 2.34. The highest BCUT2D eigenvalue weighted by molar-refractivity contribution is 7.99. The molecule has 182 valence electrons. The summed E-state index contributed by atoms with van der Waals surface area (Å²) >= 11 is 1.69. The van der Waals surface area contributed by atoms with Gasteiger partial charge in [0.2, 0.25) is 0 Å². The van der Waals surface area contributed by atoms with E-state index >= 15 is 0 Å². The van der Waals surface area contributed by atoms with Gasteiger partial charge in [-0.25, -0.2) is 4.98 Å². The molecule has 1 saturated heterocycles. The topological polar surface area (TPSA) is 101 Å². The number of piperidine rings is 1. The van der Waals surface area contributed by atoms with Crippen molar-refractivity contribution < 1.29 is 19.7 Å². The predicted molar refractivity (Wildman–Crippen MR) is 132 cm³/mol. The molecule has 0 saturated carbocycles. The van der Waals surface area contributed by atoms with E-state index < -0.39 is 18.0 Å². The molecule has 2 N–H and O–H groups in total. The first kappa shape index (κ1) is 24.5. The maximum atomic E-state index is 12.0. The van der Waals surface area contributed by atoms with Crippen molar-refractivity contribution in [2.45, 2.75) is 30.5 Å². The number of nitrogens with zero attached hydrogens (tertiary/aromatic N) is 4. The second kappa shape index (κ2) is 11.2. The minimum Gasteiger partial charge on any atom is -0.497 e. The number of likely N-dealkylation sites (tertiary alicyclic amines) is 1. The fraction of sp³-hybridized carbons (Fsp3) is 0.480. The fourth-order valence-electron chi connectivity index (χ4n) is 4.75. The van der Waals surface area contributed by atoms with E-state index in [0.29, 0.717) is 25.1 Å². The third-order valence-corrected chi connectivity index (χ3v) is 7.76. The molecule has 34 heavy (non-hydrogen) atoms. The van der Waals surface area contributed by atoms with Gasteiger partial charge in [0.05, 0.1) is 24.6 Å². The van der Waals surface area contributed by atoms with Gasteiger partial charge in [-0.1, -0.05) is 11.8 Å². The van der Waals surface area contributed by atoms with Crippen LogP contribution in [0.1, 0.15) is 30.9 Å². The molecule has 1 aliphatic rings. The van der Waals surface area contributed by atoms with E-state index in [1.165, 1.54) is 0 Å². The summed E-state index contributed by atoms with van der Waals surface area (Å²) in [6.07, 6.45) is 6.74. The zero-order valence-electron chi connectivity index (χ0n) is 19.6.